The highest BCUT2D eigenvalue weighted by molar-refractivity contribution is 7.13. The molecule has 128 valence electrons. The zero-order valence-electron chi connectivity index (χ0n) is 14.4. The summed E-state index contributed by atoms with van der Waals surface area (Å²) in [6.45, 7) is 5.27. The summed E-state index contributed by atoms with van der Waals surface area (Å²) in [5.74, 6) is 0.0995. The minimum atomic E-state index is 0.0995. The van der Waals surface area contributed by atoms with Crippen LogP contribution < -0.4 is 0 Å². The molecule has 25 heavy (non-hydrogen) atoms. The molecule has 5 nitrogen and oxygen atoms in total. The number of hydrogen-bond donors (Lipinski definition) is 1. The number of fused-ring (bicyclic) bond motifs is 1. The number of amides is 1. The number of thiazole rings is 1. The van der Waals surface area contributed by atoms with Crippen molar-refractivity contribution in [3.8, 4) is 11.3 Å². The van der Waals surface area contributed by atoms with Crippen molar-refractivity contribution in [2.45, 2.75) is 26.7 Å². The molecule has 2 aromatic heterocycles. The van der Waals surface area contributed by atoms with Gasteiger partial charge in [0.25, 0.3) is 5.91 Å². The molecule has 0 saturated carbocycles. The first-order chi connectivity index (χ1) is 12.1. The number of rotatable bonds is 2. The van der Waals surface area contributed by atoms with Gasteiger partial charge in [0.15, 0.2) is 0 Å². The second-order valence-corrected chi connectivity index (χ2v) is 7.54. The number of nitrogens with zero attached hydrogens (tertiary/aromatic N) is 3. The van der Waals surface area contributed by atoms with E-state index in [1.54, 1.807) is 0 Å². The first-order valence-electron chi connectivity index (χ1n) is 8.48. The number of hydrogen-bond acceptors (Lipinski definition) is 4. The van der Waals surface area contributed by atoms with Gasteiger partial charge in [0.05, 0.1) is 16.4 Å². The molecule has 0 aliphatic carbocycles. The van der Waals surface area contributed by atoms with Gasteiger partial charge in [-0.1, -0.05) is 30.3 Å². The van der Waals surface area contributed by atoms with Gasteiger partial charge in [0, 0.05) is 36.3 Å². The highest BCUT2D eigenvalue weighted by atomic mass is 32.1. The first kappa shape index (κ1) is 16.0. The van der Waals surface area contributed by atoms with Crippen molar-refractivity contribution < 1.29 is 4.79 Å². The molecule has 6 heteroatoms. The van der Waals surface area contributed by atoms with Gasteiger partial charge in [-0.15, -0.1) is 11.3 Å². The number of carbonyl (C=O) groups excluding carboxylic acids is 1. The van der Waals surface area contributed by atoms with Crippen molar-refractivity contribution in [3.63, 3.8) is 0 Å². The van der Waals surface area contributed by atoms with E-state index in [9.17, 15) is 4.79 Å². The van der Waals surface area contributed by atoms with Crippen LogP contribution in [0.1, 0.15) is 31.6 Å². The predicted molar refractivity (Wildman–Crippen MR) is 98.9 cm³/mol. The molecular weight excluding hydrogens is 332 g/mol. The number of aromatic amines is 1. The van der Waals surface area contributed by atoms with E-state index < -0.39 is 0 Å². The number of carbonyl (C=O) groups is 1. The Hall–Kier alpha value is -2.47. The van der Waals surface area contributed by atoms with E-state index in [2.05, 4.69) is 27.3 Å². The Morgan fingerprint density at radius 3 is 2.64 bits per heavy atom. The third-order valence-electron chi connectivity index (χ3n) is 4.65. The van der Waals surface area contributed by atoms with E-state index in [0.717, 1.165) is 45.4 Å². The van der Waals surface area contributed by atoms with E-state index in [1.165, 1.54) is 16.9 Å². The molecule has 0 saturated heterocycles. The van der Waals surface area contributed by atoms with Crippen LogP contribution in [0.3, 0.4) is 0 Å². The average Bonchev–Trinajstić information content (AvgIpc) is 3.11. The molecule has 0 bridgehead atoms. The SMILES string of the molecule is Cc1nc(C)c(C(=O)N2CCc3[nH]nc(-c4ccccc4)c3CC2)s1. The molecule has 1 amide bonds. The van der Waals surface area contributed by atoms with Crippen molar-refractivity contribution in [2.75, 3.05) is 13.1 Å². The van der Waals surface area contributed by atoms with E-state index in [4.69, 9.17) is 0 Å². The van der Waals surface area contributed by atoms with Crippen LogP contribution in [0.2, 0.25) is 0 Å². The quantitative estimate of drug-likeness (QED) is 0.769. The summed E-state index contributed by atoms with van der Waals surface area (Å²) in [6.07, 6.45) is 1.62. The third-order valence-corrected chi connectivity index (χ3v) is 5.71. The summed E-state index contributed by atoms with van der Waals surface area (Å²) in [5.41, 5.74) is 5.34. The lowest BCUT2D eigenvalue weighted by molar-refractivity contribution is 0.0766. The lowest BCUT2D eigenvalue weighted by atomic mass is 10.0. The van der Waals surface area contributed by atoms with E-state index in [-0.39, 0.29) is 5.91 Å². The van der Waals surface area contributed by atoms with Gasteiger partial charge >= 0.3 is 0 Å². The van der Waals surface area contributed by atoms with Crippen LogP contribution in [0.15, 0.2) is 30.3 Å². The Labute approximate surface area is 150 Å². The van der Waals surface area contributed by atoms with Crippen LogP contribution in [0.5, 0.6) is 0 Å². The van der Waals surface area contributed by atoms with Crippen molar-refractivity contribution >= 4 is 17.2 Å². The van der Waals surface area contributed by atoms with E-state index in [1.807, 2.05) is 36.9 Å². The first-order valence-corrected chi connectivity index (χ1v) is 9.30. The normalized spacial score (nSPS) is 14.2. The minimum Gasteiger partial charge on any atom is -0.337 e. The number of H-pyrrole nitrogens is 1. The van der Waals surface area contributed by atoms with E-state index >= 15 is 0 Å². The van der Waals surface area contributed by atoms with Crippen molar-refractivity contribution in [3.05, 3.63) is 57.2 Å². The zero-order chi connectivity index (χ0) is 17.4. The summed E-state index contributed by atoms with van der Waals surface area (Å²) >= 11 is 1.49. The number of aryl methyl sites for hydroxylation is 2. The largest absolute Gasteiger partial charge is 0.337 e. The van der Waals surface area contributed by atoms with Crippen molar-refractivity contribution in [1.29, 1.82) is 0 Å². The molecule has 4 rings (SSSR count). The van der Waals surface area contributed by atoms with Crippen LogP contribution in [0, 0.1) is 13.8 Å². The van der Waals surface area contributed by atoms with Gasteiger partial charge in [-0.25, -0.2) is 4.98 Å². The Kier molecular flexibility index (Phi) is 4.13. The molecule has 1 aliphatic rings. The maximum Gasteiger partial charge on any atom is 0.265 e. The second kappa shape index (κ2) is 6.44. The maximum absolute atomic E-state index is 12.9. The number of nitrogens with one attached hydrogen (secondary N) is 1. The van der Waals surface area contributed by atoms with E-state index in [0.29, 0.717) is 13.1 Å². The topological polar surface area (TPSA) is 61.9 Å². The molecule has 0 unspecified atom stereocenters. The summed E-state index contributed by atoms with van der Waals surface area (Å²) in [7, 11) is 0. The van der Waals surface area contributed by atoms with Gasteiger partial charge in [0.2, 0.25) is 0 Å². The fourth-order valence-electron chi connectivity index (χ4n) is 3.39. The summed E-state index contributed by atoms with van der Waals surface area (Å²) in [6, 6.07) is 10.2. The average molecular weight is 352 g/mol. The lowest BCUT2D eigenvalue weighted by Crippen LogP contribution is -2.33. The number of aromatic nitrogens is 3. The molecule has 0 radical (unpaired) electrons. The van der Waals surface area contributed by atoms with Crippen molar-refractivity contribution in [2.24, 2.45) is 0 Å². The molecule has 1 N–H and O–H groups in total. The smallest absolute Gasteiger partial charge is 0.265 e. The Morgan fingerprint density at radius 2 is 1.92 bits per heavy atom. The standard InChI is InChI=1S/C19H20N4OS/c1-12-18(25-13(2)20-12)19(24)23-10-8-15-16(9-11-23)21-22-17(15)14-6-4-3-5-7-14/h3-7H,8-11H2,1-2H3,(H,21,22). The van der Waals surface area contributed by atoms with Crippen LogP contribution in [-0.2, 0) is 12.8 Å². The highest BCUT2D eigenvalue weighted by Crippen LogP contribution is 2.27. The Bertz CT molecular complexity index is 913. The molecule has 0 spiro atoms. The van der Waals surface area contributed by atoms with Gasteiger partial charge in [0.1, 0.15) is 4.88 Å². The fourth-order valence-corrected chi connectivity index (χ4v) is 4.28. The summed E-state index contributed by atoms with van der Waals surface area (Å²) < 4.78 is 0. The van der Waals surface area contributed by atoms with Crippen LogP contribution >= 0.6 is 11.3 Å². The summed E-state index contributed by atoms with van der Waals surface area (Å²) in [5, 5.41) is 8.64. The maximum atomic E-state index is 12.9. The minimum absolute atomic E-state index is 0.0995. The highest BCUT2D eigenvalue weighted by Gasteiger charge is 2.25. The van der Waals surface area contributed by atoms with Gasteiger partial charge < -0.3 is 4.90 Å². The Morgan fingerprint density at radius 1 is 1.16 bits per heavy atom. The zero-order valence-corrected chi connectivity index (χ0v) is 15.2. The fraction of sp³-hybridized carbons (Fsp3) is 0.316. The lowest BCUT2D eigenvalue weighted by Gasteiger charge is -2.19. The van der Waals surface area contributed by atoms with Crippen molar-refractivity contribution in [1.82, 2.24) is 20.1 Å². The van der Waals surface area contributed by atoms with Crippen LogP contribution in [0.25, 0.3) is 11.3 Å². The second-order valence-electron chi connectivity index (χ2n) is 6.33. The summed E-state index contributed by atoms with van der Waals surface area (Å²) in [4.78, 5) is 20.0. The third kappa shape index (κ3) is 2.98. The van der Waals surface area contributed by atoms with Crippen LogP contribution in [-0.4, -0.2) is 39.1 Å². The van der Waals surface area contributed by atoms with Gasteiger partial charge in [-0.05, 0) is 20.3 Å². The molecule has 0 fully saturated rings. The van der Waals surface area contributed by atoms with Crippen LogP contribution in [0.4, 0.5) is 0 Å². The number of benzene rings is 1. The molecule has 3 aromatic rings. The Balaban J connectivity index is 1.58. The predicted octanol–water partition coefficient (Wildman–Crippen LogP) is 3.39. The molecule has 0 atom stereocenters. The molecule has 1 aliphatic heterocycles. The molecular formula is C19H20N4OS. The van der Waals surface area contributed by atoms with Gasteiger partial charge in [-0.3, -0.25) is 9.89 Å². The van der Waals surface area contributed by atoms with Gasteiger partial charge in [-0.2, -0.15) is 5.10 Å². The monoisotopic (exact) mass is 352 g/mol. The molecule has 1 aromatic carbocycles. The molecule has 3 heterocycles.